The van der Waals surface area contributed by atoms with Crippen molar-refractivity contribution in [2.75, 3.05) is 6.54 Å². The van der Waals surface area contributed by atoms with Gasteiger partial charge in [0, 0.05) is 19.0 Å². The molecule has 1 aliphatic carbocycles. The normalized spacial score (nSPS) is 18.5. The van der Waals surface area contributed by atoms with Gasteiger partial charge in [-0.05, 0) is 43.4 Å². The van der Waals surface area contributed by atoms with E-state index in [0.717, 1.165) is 31.2 Å². The standard InChI is InChI=1S/C19H24N2O4/c1-12(20-17(22)14-5-2-3-6-14)18(23)21-10-9-13-7-4-8-15(19(24)25)16(13)11-21/h4,7-8,12,14H,2-3,5-6,9-11H2,1H3,(H,20,22)(H,24,25). The lowest BCUT2D eigenvalue weighted by atomic mass is 9.94. The predicted molar refractivity (Wildman–Crippen MR) is 92.1 cm³/mol. The van der Waals surface area contributed by atoms with Crippen LogP contribution in [0.1, 0.15) is 54.1 Å². The zero-order chi connectivity index (χ0) is 18.0. The number of benzene rings is 1. The maximum absolute atomic E-state index is 12.7. The average Bonchev–Trinajstić information content (AvgIpc) is 3.14. The average molecular weight is 344 g/mol. The Morgan fingerprint density at radius 2 is 1.96 bits per heavy atom. The lowest BCUT2D eigenvalue weighted by molar-refractivity contribution is -0.137. The summed E-state index contributed by atoms with van der Waals surface area (Å²) in [5.41, 5.74) is 1.92. The molecule has 0 radical (unpaired) electrons. The van der Waals surface area contributed by atoms with E-state index in [2.05, 4.69) is 5.32 Å². The number of carbonyl (C=O) groups excluding carboxylic acids is 2. The Balaban J connectivity index is 1.67. The summed E-state index contributed by atoms with van der Waals surface area (Å²) >= 11 is 0. The third-order valence-electron chi connectivity index (χ3n) is 5.27. The molecule has 2 aliphatic rings. The second-order valence-electron chi connectivity index (χ2n) is 6.97. The van der Waals surface area contributed by atoms with Crippen molar-refractivity contribution in [3.63, 3.8) is 0 Å². The highest BCUT2D eigenvalue weighted by molar-refractivity contribution is 5.91. The van der Waals surface area contributed by atoms with Crippen molar-refractivity contribution in [3.05, 3.63) is 34.9 Å². The van der Waals surface area contributed by atoms with Crippen LogP contribution in [0.25, 0.3) is 0 Å². The molecule has 6 heteroatoms. The first-order chi connectivity index (χ1) is 12.0. The Kier molecular flexibility index (Phi) is 5.06. The third-order valence-corrected chi connectivity index (χ3v) is 5.27. The number of nitrogens with one attached hydrogen (secondary N) is 1. The highest BCUT2D eigenvalue weighted by Gasteiger charge is 2.30. The van der Waals surface area contributed by atoms with Gasteiger partial charge in [-0.1, -0.05) is 25.0 Å². The fraction of sp³-hybridized carbons (Fsp3) is 0.526. The van der Waals surface area contributed by atoms with E-state index in [-0.39, 0.29) is 29.8 Å². The second-order valence-corrected chi connectivity index (χ2v) is 6.97. The SMILES string of the molecule is CC(NC(=O)C1CCCC1)C(=O)N1CCc2cccc(C(=O)O)c2C1. The number of carbonyl (C=O) groups is 3. The van der Waals surface area contributed by atoms with Gasteiger partial charge in [-0.15, -0.1) is 0 Å². The summed E-state index contributed by atoms with van der Waals surface area (Å²) in [6, 6.07) is 4.63. The van der Waals surface area contributed by atoms with Gasteiger partial charge >= 0.3 is 5.97 Å². The molecule has 0 spiro atoms. The van der Waals surface area contributed by atoms with Crippen LogP contribution in [0.5, 0.6) is 0 Å². The molecule has 1 saturated carbocycles. The first-order valence-corrected chi connectivity index (χ1v) is 8.90. The highest BCUT2D eigenvalue weighted by atomic mass is 16.4. The Labute approximate surface area is 147 Å². The van der Waals surface area contributed by atoms with E-state index in [9.17, 15) is 19.5 Å². The van der Waals surface area contributed by atoms with E-state index in [1.807, 2.05) is 6.07 Å². The topological polar surface area (TPSA) is 86.7 Å². The number of hydrogen-bond donors (Lipinski definition) is 2. The Morgan fingerprint density at radius 1 is 1.24 bits per heavy atom. The quantitative estimate of drug-likeness (QED) is 0.874. The van der Waals surface area contributed by atoms with Gasteiger partial charge in [-0.25, -0.2) is 4.79 Å². The minimum absolute atomic E-state index is 0.0240. The summed E-state index contributed by atoms with van der Waals surface area (Å²) in [5, 5.41) is 12.2. The van der Waals surface area contributed by atoms with Crippen LogP contribution in [-0.4, -0.2) is 40.4 Å². The zero-order valence-corrected chi connectivity index (χ0v) is 14.5. The van der Waals surface area contributed by atoms with Crippen LogP contribution in [-0.2, 0) is 22.6 Å². The molecule has 1 heterocycles. The number of nitrogens with zero attached hydrogens (tertiary/aromatic N) is 1. The van der Waals surface area contributed by atoms with Gasteiger partial charge in [0.05, 0.1) is 5.56 Å². The van der Waals surface area contributed by atoms with Crippen LogP contribution >= 0.6 is 0 Å². The van der Waals surface area contributed by atoms with Crippen LogP contribution in [0, 0.1) is 5.92 Å². The van der Waals surface area contributed by atoms with E-state index >= 15 is 0 Å². The molecule has 1 aromatic rings. The van der Waals surface area contributed by atoms with E-state index in [0.29, 0.717) is 18.5 Å². The fourth-order valence-electron chi connectivity index (χ4n) is 3.82. The molecule has 0 bridgehead atoms. The van der Waals surface area contributed by atoms with Crippen LogP contribution in [0.3, 0.4) is 0 Å². The molecule has 1 fully saturated rings. The molecule has 2 amide bonds. The van der Waals surface area contributed by atoms with Crippen LogP contribution in [0.4, 0.5) is 0 Å². The predicted octanol–water partition coefficient (Wildman–Crippen LogP) is 1.96. The molecule has 6 nitrogen and oxygen atoms in total. The van der Waals surface area contributed by atoms with Crippen molar-refractivity contribution in [2.24, 2.45) is 5.92 Å². The van der Waals surface area contributed by atoms with Crippen molar-refractivity contribution in [1.29, 1.82) is 0 Å². The second kappa shape index (κ2) is 7.25. The lowest BCUT2D eigenvalue weighted by Crippen LogP contribution is -2.49. The van der Waals surface area contributed by atoms with Crippen molar-refractivity contribution in [1.82, 2.24) is 10.2 Å². The monoisotopic (exact) mass is 344 g/mol. The first-order valence-electron chi connectivity index (χ1n) is 8.90. The van der Waals surface area contributed by atoms with Crippen molar-refractivity contribution >= 4 is 17.8 Å². The van der Waals surface area contributed by atoms with Gasteiger partial charge in [0.2, 0.25) is 11.8 Å². The first kappa shape index (κ1) is 17.5. The van der Waals surface area contributed by atoms with Crippen molar-refractivity contribution in [2.45, 2.75) is 51.6 Å². The zero-order valence-electron chi connectivity index (χ0n) is 14.5. The van der Waals surface area contributed by atoms with Gasteiger partial charge in [0.25, 0.3) is 0 Å². The molecule has 1 aliphatic heterocycles. The van der Waals surface area contributed by atoms with Crippen molar-refractivity contribution < 1.29 is 19.5 Å². The number of amides is 2. The third kappa shape index (κ3) is 3.67. The minimum Gasteiger partial charge on any atom is -0.478 e. The summed E-state index contributed by atoms with van der Waals surface area (Å²) in [6.45, 7) is 2.52. The van der Waals surface area contributed by atoms with Crippen molar-refractivity contribution in [3.8, 4) is 0 Å². The number of carboxylic acid groups (broad SMARTS) is 1. The summed E-state index contributed by atoms with van der Waals surface area (Å²) in [4.78, 5) is 38.0. The van der Waals surface area contributed by atoms with Gasteiger partial charge in [-0.2, -0.15) is 0 Å². The molecular formula is C19H24N2O4. The maximum Gasteiger partial charge on any atom is 0.336 e. The van der Waals surface area contributed by atoms with Gasteiger partial charge in [0.15, 0.2) is 0 Å². The summed E-state index contributed by atoms with van der Waals surface area (Å²) < 4.78 is 0. The summed E-state index contributed by atoms with van der Waals surface area (Å²) in [5.74, 6) is -1.15. The molecule has 0 saturated heterocycles. The smallest absolute Gasteiger partial charge is 0.336 e. The van der Waals surface area contributed by atoms with Gasteiger partial charge in [-0.3, -0.25) is 9.59 Å². The van der Waals surface area contributed by atoms with E-state index in [1.54, 1.807) is 24.0 Å². The molecule has 134 valence electrons. The fourth-order valence-corrected chi connectivity index (χ4v) is 3.82. The van der Waals surface area contributed by atoms with Crippen LogP contribution in [0.15, 0.2) is 18.2 Å². The summed E-state index contributed by atoms with van der Waals surface area (Å²) in [7, 11) is 0. The molecule has 1 unspecified atom stereocenters. The minimum atomic E-state index is -0.978. The lowest BCUT2D eigenvalue weighted by Gasteiger charge is -2.32. The Bertz CT molecular complexity index is 695. The molecule has 1 aromatic carbocycles. The highest BCUT2D eigenvalue weighted by Crippen LogP contribution is 2.25. The number of aromatic carboxylic acids is 1. The molecule has 25 heavy (non-hydrogen) atoms. The van der Waals surface area contributed by atoms with Gasteiger partial charge < -0.3 is 15.3 Å². The molecule has 0 aromatic heterocycles. The number of hydrogen-bond acceptors (Lipinski definition) is 3. The molecule has 3 rings (SSSR count). The number of fused-ring (bicyclic) bond motifs is 1. The maximum atomic E-state index is 12.7. The van der Waals surface area contributed by atoms with Gasteiger partial charge in [0.1, 0.15) is 6.04 Å². The number of carboxylic acids is 1. The van der Waals surface area contributed by atoms with E-state index in [1.165, 1.54) is 0 Å². The van der Waals surface area contributed by atoms with Crippen LogP contribution in [0.2, 0.25) is 0 Å². The summed E-state index contributed by atoms with van der Waals surface area (Å²) in [6.07, 6.45) is 4.56. The Hall–Kier alpha value is -2.37. The number of rotatable bonds is 4. The molecule has 2 N–H and O–H groups in total. The molecular weight excluding hydrogens is 320 g/mol. The van der Waals surface area contributed by atoms with E-state index < -0.39 is 12.0 Å². The molecule has 1 atom stereocenters. The van der Waals surface area contributed by atoms with E-state index in [4.69, 9.17) is 0 Å². The largest absolute Gasteiger partial charge is 0.478 e. The Morgan fingerprint density at radius 3 is 2.64 bits per heavy atom. The van der Waals surface area contributed by atoms with Crippen LogP contribution < -0.4 is 5.32 Å².